The lowest BCUT2D eigenvalue weighted by molar-refractivity contribution is 0.0937. The van der Waals surface area contributed by atoms with E-state index in [4.69, 9.17) is 11.6 Å². The smallest absolute Gasteiger partial charge is 0.261 e. The third kappa shape index (κ3) is 3.39. The van der Waals surface area contributed by atoms with E-state index in [0.29, 0.717) is 27.3 Å². The van der Waals surface area contributed by atoms with Gasteiger partial charge in [0.05, 0.1) is 16.9 Å². The Morgan fingerprint density at radius 2 is 1.92 bits per heavy atom. The molecule has 1 atom stereocenters. The van der Waals surface area contributed by atoms with Crippen LogP contribution >= 0.6 is 11.6 Å². The van der Waals surface area contributed by atoms with E-state index in [-0.39, 0.29) is 11.5 Å². The van der Waals surface area contributed by atoms with E-state index in [2.05, 4.69) is 10.3 Å². The molecule has 3 rings (SSSR count). The molecular formula is C18H15ClFN3O2. The summed E-state index contributed by atoms with van der Waals surface area (Å²) in [5.74, 6) is -0.400. The van der Waals surface area contributed by atoms with Gasteiger partial charge in [0.2, 0.25) is 0 Å². The summed E-state index contributed by atoms with van der Waals surface area (Å²) in [5.41, 5.74) is 0.565. The normalized spacial score (nSPS) is 12.2. The van der Waals surface area contributed by atoms with Gasteiger partial charge in [-0.1, -0.05) is 11.6 Å². The van der Waals surface area contributed by atoms with E-state index in [1.807, 2.05) is 0 Å². The first kappa shape index (κ1) is 17.1. The van der Waals surface area contributed by atoms with Crippen LogP contribution in [0.25, 0.3) is 10.9 Å². The molecule has 0 aliphatic heterocycles. The molecule has 1 unspecified atom stereocenters. The highest BCUT2D eigenvalue weighted by molar-refractivity contribution is 6.31. The highest BCUT2D eigenvalue weighted by Gasteiger charge is 2.17. The molecule has 0 bridgehead atoms. The van der Waals surface area contributed by atoms with Gasteiger partial charge in [0.15, 0.2) is 0 Å². The average Bonchev–Trinajstić information content (AvgIpc) is 2.58. The molecule has 0 radical (unpaired) electrons. The van der Waals surface area contributed by atoms with Crippen molar-refractivity contribution in [1.29, 1.82) is 0 Å². The second-order valence-electron chi connectivity index (χ2n) is 5.70. The van der Waals surface area contributed by atoms with Crippen molar-refractivity contribution >= 4 is 28.4 Å². The SMILES string of the molecule is CC(NC(=O)c1ccc(F)cc1)c1nc2cc(Cl)ccc2c(=O)n1C. The fourth-order valence-electron chi connectivity index (χ4n) is 2.59. The molecule has 7 heteroatoms. The molecule has 1 heterocycles. The number of hydrogen-bond donors (Lipinski definition) is 1. The van der Waals surface area contributed by atoms with Crippen molar-refractivity contribution in [3.63, 3.8) is 0 Å². The summed E-state index contributed by atoms with van der Waals surface area (Å²) in [6.45, 7) is 1.72. The quantitative estimate of drug-likeness (QED) is 0.781. The molecule has 0 aliphatic rings. The number of fused-ring (bicyclic) bond motifs is 1. The van der Waals surface area contributed by atoms with Gasteiger partial charge in [-0.2, -0.15) is 0 Å². The van der Waals surface area contributed by atoms with Gasteiger partial charge in [-0.05, 0) is 49.4 Å². The van der Waals surface area contributed by atoms with E-state index < -0.39 is 11.9 Å². The maximum absolute atomic E-state index is 13.0. The zero-order valence-corrected chi connectivity index (χ0v) is 14.3. The Labute approximate surface area is 148 Å². The van der Waals surface area contributed by atoms with Gasteiger partial charge in [-0.15, -0.1) is 0 Å². The van der Waals surface area contributed by atoms with Crippen LogP contribution in [0, 0.1) is 5.82 Å². The van der Waals surface area contributed by atoms with Crippen LogP contribution in [0.15, 0.2) is 47.3 Å². The molecule has 3 aromatic rings. The fourth-order valence-corrected chi connectivity index (χ4v) is 2.76. The summed E-state index contributed by atoms with van der Waals surface area (Å²) in [7, 11) is 1.60. The molecule has 5 nitrogen and oxygen atoms in total. The monoisotopic (exact) mass is 359 g/mol. The van der Waals surface area contributed by atoms with E-state index in [1.165, 1.54) is 28.8 Å². The summed E-state index contributed by atoms with van der Waals surface area (Å²) in [6.07, 6.45) is 0. The van der Waals surface area contributed by atoms with Gasteiger partial charge in [-0.25, -0.2) is 9.37 Å². The van der Waals surface area contributed by atoms with Crippen molar-refractivity contribution in [3.05, 3.63) is 75.0 Å². The molecule has 25 heavy (non-hydrogen) atoms. The van der Waals surface area contributed by atoms with Crippen molar-refractivity contribution in [2.75, 3.05) is 0 Å². The molecule has 0 aliphatic carbocycles. The van der Waals surface area contributed by atoms with Crippen molar-refractivity contribution < 1.29 is 9.18 Å². The number of halogens is 2. The number of nitrogens with zero attached hydrogens (tertiary/aromatic N) is 2. The topological polar surface area (TPSA) is 64.0 Å². The Morgan fingerprint density at radius 1 is 1.24 bits per heavy atom. The van der Waals surface area contributed by atoms with Crippen molar-refractivity contribution in [2.45, 2.75) is 13.0 Å². The van der Waals surface area contributed by atoms with Crippen LogP contribution in [-0.4, -0.2) is 15.5 Å². The molecule has 0 fully saturated rings. The molecule has 0 saturated carbocycles. The third-order valence-corrected chi connectivity index (χ3v) is 4.15. The first-order valence-corrected chi connectivity index (χ1v) is 7.97. The molecule has 1 amide bonds. The Bertz CT molecular complexity index is 1020. The van der Waals surface area contributed by atoms with Crippen LogP contribution in [0.1, 0.15) is 29.1 Å². The van der Waals surface area contributed by atoms with E-state index in [9.17, 15) is 14.0 Å². The van der Waals surface area contributed by atoms with Crippen LogP contribution in [0.3, 0.4) is 0 Å². The average molecular weight is 360 g/mol. The molecule has 0 spiro atoms. The second-order valence-corrected chi connectivity index (χ2v) is 6.13. The zero-order valence-electron chi connectivity index (χ0n) is 13.6. The third-order valence-electron chi connectivity index (χ3n) is 3.91. The van der Waals surface area contributed by atoms with Gasteiger partial charge in [-0.3, -0.25) is 14.2 Å². The summed E-state index contributed by atoms with van der Waals surface area (Å²) in [4.78, 5) is 29.2. The molecular weight excluding hydrogens is 345 g/mol. The first-order chi connectivity index (χ1) is 11.9. The molecule has 128 valence electrons. The van der Waals surface area contributed by atoms with Crippen LogP contribution in [0.5, 0.6) is 0 Å². The van der Waals surface area contributed by atoms with Crippen LogP contribution < -0.4 is 10.9 Å². The lowest BCUT2D eigenvalue weighted by Gasteiger charge is -2.17. The summed E-state index contributed by atoms with van der Waals surface area (Å²) in [6, 6.07) is 9.55. The number of carbonyl (C=O) groups excluding carboxylic acids is 1. The van der Waals surface area contributed by atoms with Crippen molar-refractivity contribution in [2.24, 2.45) is 7.05 Å². The van der Waals surface area contributed by atoms with Gasteiger partial charge >= 0.3 is 0 Å². The highest BCUT2D eigenvalue weighted by Crippen LogP contribution is 2.18. The second kappa shape index (κ2) is 6.64. The maximum atomic E-state index is 13.0. The minimum absolute atomic E-state index is 0.223. The number of benzene rings is 2. The zero-order chi connectivity index (χ0) is 18.1. The standard InChI is InChI=1S/C18H15ClFN3O2/c1-10(21-17(24)11-3-6-13(20)7-4-11)16-22-15-9-12(19)5-8-14(15)18(25)23(16)2/h3-10H,1-2H3,(H,21,24). The predicted molar refractivity (Wildman–Crippen MR) is 94.3 cm³/mol. The Balaban J connectivity index is 1.95. The maximum Gasteiger partial charge on any atom is 0.261 e. The molecule has 1 aromatic heterocycles. The number of aromatic nitrogens is 2. The van der Waals surface area contributed by atoms with Crippen LogP contribution in [0.2, 0.25) is 5.02 Å². The Kier molecular flexibility index (Phi) is 4.55. The van der Waals surface area contributed by atoms with Crippen molar-refractivity contribution in [1.82, 2.24) is 14.9 Å². The number of nitrogens with one attached hydrogen (secondary N) is 1. The summed E-state index contributed by atoms with van der Waals surface area (Å²) >= 11 is 5.97. The van der Waals surface area contributed by atoms with Gasteiger partial charge in [0.1, 0.15) is 11.6 Å². The lowest BCUT2D eigenvalue weighted by atomic mass is 10.2. The Morgan fingerprint density at radius 3 is 2.60 bits per heavy atom. The molecule has 2 aromatic carbocycles. The molecule has 0 saturated heterocycles. The van der Waals surface area contributed by atoms with Crippen LogP contribution in [0.4, 0.5) is 4.39 Å². The van der Waals surface area contributed by atoms with E-state index in [0.717, 1.165) is 0 Å². The van der Waals surface area contributed by atoms with Crippen molar-refractivity contribution in [3.8, 4) is 0 Å². The Hall–Kier alpha value is -2.73. The first-order valence-electron chi connectivity index (χ1n) is 7.59. The predicted octanol–water partition coefficient (Wildman–Crippen LogP) is 3.22. The summed E-state index contributed by atoms with van der Waals surface area (Å²) < 4.78 is 14.4. The number of hydrogen-bond acceptors (Lipinski definition) is 3. The minimum atomic E-state index is -0.529. The highest BCUT2D eigenvalue weighted by atomic mass is 35.5. The van der Waals surface area contributed by atoms with E-state index >= 15 is 0 Å². The van der Waals surface area contributed by atoms with Gasteiger partial charge < -0.3 is 5.32 Å². The summed E-state index contributed by atoms with van der Waals surface area (Å²) in [5, 5.41) is 3.69. The number of carbonyl (C=O) groups is 1. The van der Waals surface area contributed by atoms with Gasteiger partial charge in [0.25, 0.3) is 11.5 Å². The fraction of sp³-hybridized carbons (Fsp3) is 0.167. The minimum Gasteiger partial charge on any atom is -0.342 e. The lowest BCUT2D eigenvalue weighted by Crippen LogP contribution is -2.32. The number of rotatable bonds is 3. The van der Waals surface area contributed by atoms with Crippen LogP contribution in [-0.2, 0) is 7.05 Å². The molecule has 1 N–H and O–H groups in total. The largest absolute Gasteiger partial charge is 0.342 e. The van der Waals surface area contributed by atoms with E-state index in [1.54, 1.807) is 32.2 Å². The van der Waals surface area contributed by atoms with Gasteiger partial charge in [0, 0.05) is 17.6 Å². The number of amides is 1.